The maximum Gasteiger partial charge on any atom is 0.229 e. The first kappa shape index (κ1) is 18.0. The van der Waals surface area contributed by atoms with Crippen molar-refractivity contribution in [2.24, 2.45) is 5.92 Å². The predicted octanol–water partition coefficient (Wildman–Crippen LogP) is 3.58. The van der Waals surface area contributed by atoms with Crippen LogP contribution in [0.1, 0.15) is 38.3 Å². The third-order valence-electron chi connectivity index (χ3n) is 5.36. The smallest absolute Gasteiger partial charge is 0.229 e. The molecule has 0 amide bonds. The summed E-state index contributed by atoms with van der Waals surface area (Å²) in [6, 6.07) is 2.08. The number of aryl methyl sites for hydroxylation is 1. The summed E-state index contributed by atoms with van der Waals surface area (Å²) in [5.41, 5.74) is 2.94. The van der Waals surface area contributed by atoms with Gasteiger partial charge in [0.1, 0.15) is 5.65 Å². The molecule has 0 bridgehead atoms. The van der Waals surface area contributed by atoms with E-state index < -0.39 is 0 Å². The van der Waals surface area contributed by atoms with Gasteiger partial charge in [-0.3, -0.25) is 4.68 Å². The lowest BCUT2D eigenvalue weighted by atomic mass is 10.1. The van der Waals surface area contributed by atoms with E-state index in [9.17, 15) is 0 Å². The van der Waals surface area contributed by atoms with E-state index in [1.54, 1.807) is 0 Å². The van der Waals surface area contributed by atoms with Crippen molar-refractivity contribution < 1.29 is 0 Å². The molecule has 0 unspecified atom stereocenters. The van der Waals surface area contributed by atoms with E-state index >= 15 is 0 Å². The number of nitrogens with one attached hydrogen (secondary N) is 2. The van der Waals surface area contributed by atoms with Crippen molar-refractivity contribution in [3.63, 3.8) is 0 Å². The summed E-state index contributed by atoms with van der Waals surface area (Å²) >= 11 is 0. The summed E-state index contributed by atoms with van der Waals surface area (Å²) < 4.78 is 1.96. The number of aromatic amines is 1. The monoisotopic (exact) mass is 367 g/mol. The molecule has 0 saturated heterocycles. The molecule has 0 aromatic carbocycles. The topological polar surface area (TPSA) is 74.7 Å². The lowest BCUT2D eigenvalue weighted by molar-refractivity contribution is 0.328. The molecule has 3 aromatic heterocycles. The zero-order valence-corrected chi connectivity index (χ0v) is 16.3. The third-order valence-corrected chi connectivity index (χ3v) is 5.36. The average molecular weight is 368 g/mol. The number of H-pyrrole nitrogens is 1. The Morgan fingerprint density at radius 3 is 3.04 bits per heavy atom. The fourth-order valence-corrected chi connectivity index (χ4v) is 3.33. The van der Waals surface area contributed by atoms with Crippen LogP contribution in [0.15, 0.2) is 24.7 Å². The van der Waals surface area contributed by atoms with E-state index in [0.29, 0.717) is 5.95 Å². The number of hydrogen-bond acceptors (Lipinski definition) is 5. The van der Waals surface area contributed by atoms with E-state index in [0.717, 1.165) is 54.4 Å². The van der Waals surface area contributed by atoms with Crippen molar-refractivity contribution in [2.75, 3.05) is 25.5 Å². The van der Waals surface area contributed by atoms with Gasteiger partial charge in [0.05, 0.1) is 24.1 Å². The van der Waals surface area contributed by atoms with Crippen LogP contribution in [0.3, 0.4) is 0 Å². The van der Waals surface area contributed by atoms with Gasteiger partial charge in [-0.2, -0.15) is 10.1 Å². The van der Waals surface area contributed by atoms with Gasteiger partial charge >= 0.3 is 0 Å². The molecular weight excluding hydrogens is 338 g/mol. The highest BCUT2D eigenvalue weighted by molar-refractivity contribution is 5.79. The summed E-state index contributed by atoms with van der Waals surface area (Å²) in [6.45, 7) is 5.05. The number of fused-ring (bicyclic) bond motifs is 1. The third kappa shape index (κ3) is 4.66. The van der Waals surface area contributed by atoms with Crippen molar-refractivity contribution in [3.05, 3.63) is 30.4 Å². The fourth-order valence-electron chi connectivity index (χ4n) is 3.33. The normalized spacial score (nSPS) is 14.3. The molecule has 0 aliphatic heterocycles. The number of anilines is 2. The van der Waals surface area contributed by atoms with Crippen LogP contribution in [0.25, 0.3) is 11.0 Å². The predicted molar refractivity (Wildman–Crippen MR) is 108 cm³/mol. The van der Waals surface area contributed by atoms with Gasteiger partial charge in [0.25, 0.3) is 0 Å². The highest BCUT2D eigenvalue weighted by Gasteiger charge is 2.20. The molecule has 3 heterocycles. The Morgan fingerprint density at radius 1 is 1.33 bits per heavy atom. The van der Waals surface area contributed by atoms with E-state index in [4.69, 9.17) is 4.98 Å². The Labute approximate surface area is 160 Å². The van der Waals surface area contributed by atoms with Crippen molar-refractivity contribution in [3.8, 4) is 0 Å². The fraction of sp³-hybridized carbons (Fsp3) is 0.550. The molecule has 144 valence electrons. The van der Waals surface area contributed by atoms with Crippen LogP contribution in [0.5, 0.6) is 0 Å². The Hall–Kier alpha value is -2.41. The number of aromatic nitrogens is 5. The highest BCUT2D eigenvalue weighted by atomic mass is 15.3. The van der Waals surface area contributed by atoms with Crippen LogP contribution in [0.4, 0.5) is 11.6 Å². The van der Waals surface area contributed by atoms with Crippen LogP contribution < -0.4 is 5.32 Å². The molecule has 4 rings (SSSR count). The lowest BCUT2D eigenvalue weighted by Crippen LogP contribution is -2.22. The first-order chi connectivity index (χ1) is 13.2. The Bertz CT molecular complexity index is 877. The molecule has 7 nitrogen and oxygen atoms in total. The second-order valence-electron chi connectivity index (χ2n) is 7.58. The Morgan fingerprint density at radius 2 is 2.22 bits per heavy atom. The van der Waals surface area contributed by atoms with Gasteiger partial charge in [0, 0.05) is 24.3 Å². The van der Waals surface area contributed by atoms with Crippen LogP contribution >= 0.6 is 0 Å². The van der Waals surface area contributed by atoms with Gasteiger partial charge in [0.15, 0.2) is 0 Å². The minimum atomic E-state index is 0.636. The summed E-state index contributed by atoms with van der Waals surface area (Å²) in [6.07, 6.45) is 12.1. The zero-order chi connectivity index (χ0) is 18.6. The summed E-state index contributed by atoms with van der Waals surface area (Å²) in [4.78, 5) is 14.9. The lowest BCUT2D eigenvalue weighted by Gasteiger charge is -2.12. The summed E-state index contributed by atoms with van der Waals surface area (Å²) in [5, 5.41) is 8.89. The Kier molecular flexibility index (Phi) is 5.38. The van der Waals surface area contributed by atoms with E-state index in [1.807, 2.05) is 23.3 Å². The molecular formula is C20H29N7. The quantitative estimate of drug-likeness (QED) is 0.573. The molecule has 1 aliphatic rings. The largest absolute Gasteiger partial charge is 0.346 e. The van der Waals surface area contributed by atoms with E-state index in [1.165, 1.54) is 25.7 Å². The number of rotatable bonds is 10. The van der Waals surface area contributed by atoms with Crippen molar-refractivity contribution in [1.29, 1.82) is 0 Å². The molecule has 2 N–H and O–H groups in total. The number of likely N-dealkylation sites (N-methyl/N-ethyl adjacent to an activating group) is 1. The molecule has 1 aliphatic carbocycles. The molecule has 0 radical (unpaired) electrons. The van der Waals surface area contributed by atoms with Crippen molar-refractivity contribution >= 4 is 22.7 Å². The van der Waals surface area contributed by atoms with Crippen LogP contribution in [0, 0.1) is 5.92 Å². The van der Waals surface area contributed by atoms with Gasteiger partial charge in [-0.05, 0) is 38.4 Å². The minimum absolute atomic E-state index is 0.636. The van der Waals surface area contributed by atoms with Gasteiger partial charge in [-0.1, -0.05) is 26.2 Å². The molecule has 7 heteroatoms. The maximum atomic E-state index is 4.79. The first-order valence-corrected chi connectivity index (χ1v) is 10.0. The molecule has 0 spiro atoms. The van der Waals surface area contributed by atoms with Crippen LogP contribution in [-0.2, 0) is 13.0 Å². The maximum absolute atomic E-state index is 4.79. The highest BCUT2D eigenvalue weighted by Crippen LogP contribution is 2.34. The standard InChI is InChI=1S/C20H29N7/c1-3-26(2)11-12-27-14-16(13-22-27)23-20-24-18(6-4-5-15-7-8-15)17-9-10-21-19(17)25-20/h9-10,13-15H,3-8,11-12H2,1-2H3,(H2,21,23,24,25). The minimum Gasteiger partial charge on any atom is -0.346 e. The summed E-state index contributed by atoms with van der Waals surface area (Å²) in [7, 11) is 2.12. The summed E-state index contributed by atoms with van der Waals surface area (Å²) in [5.74, 6) is 1.60. The van der Waals surface area contributed by atoms with Gasteiger partial charge in [-0.25, -0.2) is 4.98 Å². The van der Waals surface area contributed by atoms with Crippen LogP contribution in [-0.4, -0.2) is 49.8 Å². The number of hydrogen-bond donors (Lipinski definition) is 2. The van der Waals surface area contributed by atoms with E-state index in [2.05, 4.69) is 45.3 Å². The second-order valence-corrected chi connectivity index (χ2v) is 7.58. The van der Waals surface area contributed by atoms with Crippen LogP contribution in [0.2, 0.25) is 0 Å². The van der Waals surface area contributed by atoms with Gasteiger partial charge < -0.3 is 15.2 Å². The molecule has 1 fully saturated rings. The number of nitrogens with zero attached hydrogens (tertiary/aromatic N) is 5. The van der Waals surface area contributed by atoms with Crippen molar-refractivity contribution in [2.45, 2.75) is 45.6 Å². The molecule has 27 heavy (non-hydrogen) atoms. The molecule has 1 saturated carbocycles. The second kappa shape index (κ2) is 8.08. The van der Waals surface area contributed by atoms with Crippen molar-refractivity contribution in [1.82, 2.24) is 29.6 Å². The first-order valence-electron chi connectivity index (χ1n) is 10.0. The molecule has 0 atom stereocenters. The van der Waals surface area contributed by atoms with E-state index in [-0.39, 0.29) is 0 Å². The zero-order valence-electron chi connectivity index (χ0n) is 16.3. The average Bonchev–Trinajstić information content (AvgIpc) is 3.18. The SMILES string of the molecule is CCN(C)CCn1cc(Nc2nc(CCCC3CC3)c3cc[nH]c3n2)cn1. The van der Waals surface area contributed by atoms with Gasteiger partial charge in [-0.15, -0.1) is 0 Å². The van der Waals surface area contributed by atoms with Gasteiger partial charge in [0.2, 0.25) is 5.95 Å². The molecule has 3 aromatic rings. The Balaban J connectivity index is 1.44.